The van der Waals surface area contributed by atoms with Crippen LogP contribution in [0.25, 0.3) is 0 Å². The number of ether oxygens (including phenoxy) is 1. The van der Waals surface area contributed by atoms with Crippen LogP contribution in [0.15, 0.2) is 0 Å². The zero-order chi connectivity index (χ0) is 16.0. The molecule has 0 saturated carbocycles. The van der Waals surface area contributed by atoms with Crippen molar-refractivity contribution < 1.29 is 24.2 Å². The summed E-state index contributed by atoms with van der Waals surface area (Å²) < 4.78 is 4.60. The summed E-state index contributed by atoms with van der Waals surface area (Å²) in [5.74, 6) is -1.37. The number of hydrogen-bond acceptors (Lipinski definition) is 4. The van der Waals surface area contributed by atoms with Crippen molar-refractivity contribution in [2.24, 2.45) is 5.41 Å². The standard InChI is InChI=1S/C14H24N2O5/c1-4-7-15(9-11(17)21-3)13(20)16-8-5-6-14(2,10-16)12(18)19/h4-10H2,1-3H3,(H,18,19). The van der Waals surface area contributed by atoms with Crippen molar-refractivity contribution in [3.05, 3.63) is 0 Å². The van der Waals surface area contributed by atoms with Crippen LogP contribution in [0.4, 0.5) is 4.79 Å². The lowest BCUT2D eigenvalue weighted by Crippen LogP contribution is -2.53. The predicted octanol–water partition coefficient (Wildman–Crippen LogP) is 1.18. The van der Waals surface area contributed by atoms with Gasteiger partial charge in [0.1, 0.15) is 6.54 Å². The number of carbonyl (C=O) groups excluding carboxylic acids is 2. The minimum absolute atomic E-state index is 0.108. The molecule has 0 aromatic rings. The maximum atomic E-state index is 12.5. The highest BCUT2D eigenvalue weighted by atomic mass is 16.5. The molecule has 7 nitrogen and oxygen atoms in total. The van der Waals surface area contributed by atoms with Crippen LogP contribution in [0.1, 0.15) is 33.1 Å². The molecule has 0 aliphatic carbocycles. The molecule has 1 N–H and O–H groups in total. The van der Waals surface area contributed by atoms with Crippen LogP contribution in [0.2, 0.25) is 0 Å². The molecule has 7 heteroatoms. The van der Waals surface area contributed by atoms with Crippen molar-refractivity contribution in [1.29, 1.82) is 0 Å². The third-order valence-corrected chi connectivity index (χ3v) is 3.79. The molecular weight excluding hydrogens is 276 g/mol. The number of esters is 1. The largest absolute Gasteiger partial charge is 0.481 e. The summed E-state index contributed by atoms with van der Waals surface area (Å²) in [5, 5.41) is 9.30. The number of urea groups is 1. The molecule has 0 bridgehead atoms. The first-order valence-corrected chi connectivity index (χ1v) is 7.18. The summed E-state index contributed by atoms with van der Waals surface area (Å²) in [6.07, 6.45) is 1.91. The number of carboxylic acids is 1. The van der Waals surface area contributed by atoms with Gasteiger partial charge in [-0.05, 0) is 26.2 Å². The Morgan fingerprint density at radius 3 is 2.57 bits per heavy atom. The van der Waals surface area contributed by atoms with Gasteiger partial charge < -0.3 is 19.6 Å². The van der Waals surface area contributed by atoms with Gasteiger partial charge in [0, 0.05) is 19.6 Å². The van der Waals surface area contributed by atoms with E-state index in [2.05, 4.69) is 4.74 Å². The number of carboxylic acid groups (broad SMARTS) is 1. The van der Waals surface area contributed by atoms with Crippen LogP contribution in [0.5, 0.6) is 0 Å². The number of aliphatic carboxylic acids is 1. The van der Waals surface area contributed by atoms with Crippen molar-refractivity contribution >= 4 is 18.0 Å². The lowest BCUT2D eigenvalue weighted by molar-refractivity contribution is -0.150. The van der Waals surface area contributed by atoms with Crippen LogP contribution in [-0.2, 0) is 14.3 Å². The lowest BCUT2D eigenvalue weighted by Gasteiger charge is -2.39. The maximum Gasteiger partial charge on any atom is 0.325 e. The Kier molecular flexibility index (Phi) is 5.99. The van der Waals surface area contributed by atoms with Gasteiger partial charge in [-0.1, -0.05) is 6.92 Å². The summed E-state index contributed by atoms with van der Waals surface area (Å²) in [4.78, 5) is 38.2. The zero-order valence-electron chi connectivity index (χ0n) is 12.9. The number of piperidine rings is 1. The Hall–Kier alpha value is -1.79. The highest BCUT2D eigenvalue weighted by molar-refractivity contribution is 5.82. The number of amides is 2. The first kappa shape index (κ1) is 17.3. The Morgan fingerprint density at radius 1 is 1.38 bits per heavy atom. The number of rotatable bonds is 5. The van der Waals surface area contributed by atoms with E-state index in [0.717, 1.165) is 0 Å². The van der Waals surface area contributed by atoms with Gasteiger partial charge in [-0.25, -0.2) is 4.79 Å². The van der Waals surface area contributed by atoms with Crippen molar-refractivity contribution in [3.8, 4) is 0 Å². The number of nitrogens with zero attached hydrogens (tertiary/aromatic N) is 2. The molecule has 21 heavy (non-hydrogen) atoms. The van der Waals surface area contributed by atoms with Crippen LogP contribution in [0, 0.1) is 5.41 Å². The Balaban J connectivity index is 2.78. The van der Waals surface area contributed by atoms with Gasteiger partial charge >= 0.3 is 18.0 Å². The molecule has 0 aromatic carbocycles. The summed E-state index contributed by atoms with van der Waals surface area (Å²) in [7, 11) is 1.28. The quantitative estimate of drug-likeness (QED) is 0.770. The van der Waals surface area contributed by atoms with E-state index in [1.54, 1.807) is 6.92 Å². The first-order valence-electron chi connectivity index (χ1n) is 7.18. The van der Waals surface area contributed by atoms with E-state index in [4.69, 9.17) is 0 Å². The Bertz CT molecular complexity index is 412. The average Bonchev–Trinajstić information content (AvgIpc) is 2.45. The third kappa shape index (κ3) is 4.34. The maximum absolute atomic E-state index is 12.5. The molecule has 1 heterocycles. The molecular formula is C14H24N2O5. The lowest BCUT2D eigenvalue weighted by atomic mass is 9.82. The second kappa shape index (κ2) is 7.28. The van der Waals surface area contributed by atoms with Crippen LogP contribution in [-0.4, -0.2) is 66.2 Å². The smallest absolute Gasteiger partial charge is 0.325 e. The number of likely N-dealkylation sites (tertiary alicyclic amines) is 1. The highest BCUT2D eigenvalue weighted by Crippen LogP contribution is 2.30. The molecule has 0 aromatic heterocycles. The number of methoxy groups -OCH3 is 1. The van der Waals surface area contributed by atoms with E-state index in [0.29, 0.717) is 32.4 Å². The van der Waals surface area contributed by atoms with Crippen molar-refractivity contribution in [2.45, 2.75) is 33.1 Å². The van der Waals surface area contributed by atoms with Crippen molar-refractivity contribution in [2.75, 3.05) is 33.3 Å². The van der Waals surface area contributed by atoms with E-state index in [9.17, 15) is 19.5 Å². The van der Waals surface area contributed by atoms with Gasteiger partial charge in [0.25, 0.3) is 0 Å². The molecule has 0 radical (unpaired) electrons. The SMILES string of the molecule is CCCN(CC(=O)OC)C(=O)N1CCCC(C)(C(=O)O)C1. The van der Waals surface area contributed by atoms with E-state index in [-0.39, 0.29) is 19.1 Å². The van der Waals surface area contributed by atoms with Gasteiger partial charge in [0.15, 0.2) is 0 Å². The van der Waals surface area contributed by atoms with E-state index < -0.39 is 17.4 Å². The minimum atomic E-state index is -0.920. The summed E-state index contributed by atoms with van der Waals surface area (Å²) in [6, 6.07) is -0.297. The molecule has 1 atom stereocenters. The molecule has 0 spiro atoms. The molecule has 1 aliphatic heterocycles. The normalized spacial score (nSPS) is 21.8. The monoisotopic (exact) mass is 300 g/mol. The van der Waals surface area contributed by atoms with E-state index >= 15 is 0 Å². The van der Waals surface area contributed by atoms with Gasteiger partial charge in [-0.2, -0.15) is 0 Å². The predicted molar refractivity (Wildman–Crippen MR) is 75.8 cm³/mol. The Labute approximate surface area is 124 Å². The number of carbonyl (C=O) groups is 3. The van der Waals surface area contributed by atoms with E-state index in [1.165, 1.54) is 16.9 Å². The third-order valence-electron chi connectivity index (χ3n) is 3.79. The van der Waals surface area contributed by atoms with Gasteiger partial charge in [0.2, 0.25) is 0 Å². The van der Waals surface area contributed by atoms with Crippen LogP contribution in [0.3, 0.4) is 0 Å². The average molecular weight is 300 g/mol. The summed E-state index contributed by atoms with van der Waals surface area (Å²) in [5.41, 5.74) is -0.920. The molecule has 1 aliphatic rings. The molecule has 1 saturated heterocycles. The topological polar surface area (TPSA) is 87.2 Å². The number of hydrogen-bond donors (Lipinski definition) is 1. The zero-order valence-corrected chi connectivity index (χ0v) is 12.9. The van der Waals surface area contributed by atoms with Crippen LogP contribution < -0.4 is 0 Å². The molecule has 1 rings (SSSR count). The highest BCUT2D eigenvalue weighted by Gasteiger charge is 2.40. The molecule has 120 valence electrons. The minimum Gasteiger partial charge on any atom is -0.481 e. The summed E-state index contributed by atoms with van der Waals surface area (Å²) >= 11 is 0. The molecule has 2 amide bonds. The molecule has 1 fully saturated rings. The first-order chi connectivity index (χ1) is 9.84. The van der Waals surface area contributed by atoms with Crippen molar-refractivity contribution in [3.63, 3.8) is 0 Å². The van der Waals surface area contributed by atoms with E-state index in [1.807, 2.05) is 6.92 Å². The Morgan fingerprint density at radius 2 is 2.05 bits per heavy atom. The van der Waals surface area contributed by atoms with Gasteiger partial charge in [-0.15, -0.1) is 0 Å². The fourth-order valence-corrected chi connectivity index (χ4v) is 2.51. The summed E-state index contributed by atoms with van der Waals surface area (Å²) in [6.45, 7) is 4.58. The fourth-order valence-electron chi connectivity index (χ4n) is 2.51. The second-order valence-electron chi connectivity index (χ2n) is 5.67. The van der Waals surface area contributed by atoms with Gasteiger partial charge in [0.05, 0.1) is 12.5 Å². The molecule has 1 unspecified atom stereocenters. The van der Waals surface area contributed by atoms with Gasteiger partial charge in [-0.3, -0.25) is 9.59 Å². The van der Waals surface area contributed by atoms with Crippen LogP contribution >= 0.6 is 0 Å². The fraction of sp³-hybridized carbons (Fsp3) is 0.786. The van der Waals surface area contributed by atoms with Crippen molar-refractivity contribution in [1.82, 2.24) is 9.80 Å². The second-order valence-corrected chi connectivity index (χ2v) is 5.67.